The number of nitrogens with one attached hydrogen (secondary N) is 1. The number of thioether (sulfide) groups is 1. The van der Waals surface area contributed by atoms with Crippen LogP contribution in [0.3, 0.4) is 0 Å². The summed E-state index contributed by atoms with van der Waals surface area (Å²) in [7, 11) is 3.26. The van der Waals surface area contributed by atoms with Crippen LogP contribution in [0.4, 0.5) is 8.78 Å². The van der Waals surface area contributed by atoms with Gasteiger partial charge in [0.1, 0.15) is 23.4 Å². The van der Waals surface area contributed by atoms with Gasteiger partial charge in [-0.25, -0.2) is 26.3 Å². The lowest BCUT2D eigenvalue weighted by Crippen LogP contribution is -2.21. The molecule has 2 aromatic carbocycles. The normalized spacial score (nSPS) is 12.5. The Kier molecular flexibility index (Phi) is 6.18. The fourth-order valence-electron chi connectivity index (χ4n) is 2.41. The molecule has 0 aliphatic carbocycles. The largest absolute Gasteiger partial charge is 0.453 e. The van der Waals surface area contributed by atoms with Gasteiger partial charge in [-0.1, -0.05) is 0 Å². The zero-order chi connectivity index (χ0) is 20.6. The molecule has 0 aliphatic heterocycles. The van der Waals surface area contributed by atoms with Crippen LogP contribution in [0.1, 0.15) is 5.56 Å². The Morgan fingerprint density at radius 2 is 2.04 bits per heavy atom. The smallest absolute Gasteiger partial charge is 0.204 e. The van der Waals surface area contributed by atoms with E-state index in [2.05, 4.69) is 20.9 Å². The first kappa shape index (κ1) is 20.9. The number of ether oxygens (including phenoxy) is 1. The standard InChI is InChI=1S/C17H15BrF2N4O2S2/c1-23(2)28(25)24-8-22-15-13(24)7-12(20)16(14(15)18)26-9-4-5-11(19)10(6-9)17(21)27-3/h4-8,21H,1-3H3. The van der Waals surface area contributed by atoms with Crippen molar-refractivity contribution >= 4 is 54.9 Å². The molecule has 0 aliphatic rings. The molecule has 28 heavy (non-hydrogen) atoms. The van der Waals surface area contributed by atoms with Crippen LogP contribution < -0.4 is 4.74 Å². The van der Waals surface area contributed by atoms with E-state index in [1.165, 1.54) is 32.8 Å². The van der Waals surface area contributed by atoms with Gasteiger partial charge in [-0.2, -0.15) is 0 Å². The van der Waals surface area contributed by atoms with Crippen molar-refractivity contribution in [3.8, 4) is 11.5 Å². The van der Waals surface area contributed by atoms with Crippen LogP contribution in [0, 0.1) is 17.0 Å². The third-order valence-electron chi connectivity index (χ3n) is 3.75. The molecule has 1 aromatic heterocycles. The molecule has 0 bridgehead atoms. The van der Waals surface area contributed by atoms with Crippen molar-refractivity contribution in [1.29, 1.82) is 5.41 Å². The van der Waals surface area contributed by atoms with E-state index in [0.29, 0.717) is 11.0 Å². The Balaban J connectivity index is 2.06. The lowest BCUT2D eigenvalue weighted by Gasteiger charge is -2.13. The number of aromatic nitrogens is 2. The number of benzene rings is 2. The number of nitrogens with zero attached hydrogens (tertiary/aromatic N) is 3. The maximum atomic E-state index is 14.8. The highest BCUT2D eigenvalue weighted by Crippen LogP contribution is 2.38. The first-order valence-corrected chi connectivity index (χ1v) is 10.9. The van der Waals surface area contributed by atoms with Crippen molar-refractivity contribution in [2.75, 3.05) is 20.4 Å². The van der Waals surface area contributed by atoms with Gasteiger partial charge in [0.15, 0.2) is 11.6 Å². The Morgan fingerprint density at radius 3 is 2.68 bits per heavy atom. The summed E-state index contributed by atoms with van der Waals surface area (Å²) >= 11 is 2.81. The SMILES string of the molecule is CSC(=N)c1cc(Oc2c(F)cc3c(ncn3S(=O)N(C)C)c2Br)ccc1F. The predicted molar refractivity (Wildman–Crippen MR) is 111 cm³/mol. The molecule has 1 atom stereocenters. The number of fused-ring (bicyclic) bond motifs is 1. The topological polar surface area (TPSA) is 71.2 Å². The molecule has 1 N–H and O–H groups in total. The zero-order valence-electron chi connectivity index (χ0n) is 15.0. The summed E-state index contributed by atoms with van der Waals surface area (Å²) in [4.78, 5) is 4.19. The summed E-state index contributed by atoms with van der Waals surface area (Å²) < 4.78 is 49.7. The molecule has 0 radical (unpaired) electrons. The highest BCUT2D eigenvalue weighted by molar-refractivity contribution is 9.10. The molecule has 0 saturated heterocycles. The highest BCUT2D eigenvalue weighted by atomic mass is 79.9. The van der Waals surface area contributed by atoms with E-state index in [-0.39, 0.29) is 26.6 Å². The first-order valence-electron chi connectivity index (χ1n) is 7.79. The fraction of sp³-hybridized carbons (Fsp3) is 0.176. The first-order chi connectivity index (χ1) is 13.2. The second-order valence-corrected chi connectivity index (χ2v) is 8.95. The number of imidazole rings is 1. The van der Waals surface area contributed by atoms with Gasteiger partial charge in [0.2, 0.25) is 11.2 Å². The molecule has 0 fully saturated rings. The van der Waals surface area contributed by atoms with Gasteiger partial charge in [-0.15, -0.1) is 11.8 Å². The average Bonchev–Trinajstić information content (AvgIpc) is 3.08. The van der Waals surface area contributed by atoms with E-state index in [1.54, 1.807) is 20.4 Å². The molecule has 148 valence electrons. The van der Waals surface area contributed by atoms with Crippen molar-refractivity contribution in [3.05, 3.63) is 52.3 Å². The van der Waals surface area contributed by atoms with Gasteiger partial charge in [0.05, 0.1) is 15.0 Å². The second kappa shape index (κ2) is 8.27. The molecule has 3 rings (SSSR count). The van der Waals surface area contributed by atoms with Gasteiger partial charge >= 0.3 is 0 Å². The van der Waals surface area contributed by atoms with Gasteiger partial charge in [-0.3, -0.25) is 5.41 Å². The van der Waals surface area contributed by atoms with Crippen LogP contribution in [0.15, 0.2) is 35.1 Å². The van der Waals surface area contributed by atoms with E-state index in [1.807, 2.05) is 0 Å². The summed E-state index contributed by atoms with van der Waals surface area (Å²) in [6.07, 6.45) is 3.01. The molecule has 1 heterocycles. The van der Waals surface area contributed by atoms with Crippen LogP contribution >= 0.6 is 27.7 Å². The van der Waals surface area contributed by atoms with E-state index in [9.17, 15) is 13.0 Å². The summed E-state index contributed by atoms with van der Waals surface area (Å²) in [5.41, 5.74) is 0.756. The fourth-order valence-corrected chi connectivity index (χ4v) is 4.14. The van der Waals surface area contributed by atoms with Crippen LogP contribution in [0.2, 0.25) is 0 Å². The summed E-state index contributed by atoms with van der Waals surface area (Å²) in [6.45, 7) is 0. The number of rotatable bonds is 5. The van der Waals surface area contributed by atoms with Crippen molar-refractivity contribution in [2.24, 2.45) is 0 Å². The van der Waals surface area contributed by atoms with Crippen LogP contribution in [0.5, 0.6) is 11.5 Å². The van der Waals surface area contributed by atoms with Gasteiger partial charge < -0.3 is 4.74 Å². The second-order valence-electron chi connectivity index (χ2n) is 5.76. The molecule has 11 heteroatoms. The molecular formula is C17H15BrF2N4O2S2. The molecule has 0 amide bonds. The number of hydrogen-bond donors (Lipinski definition) is 1. The van der Waals surface area contributed by atoms with Crippen LogP contribution in [-0.4, -0.2) is 42.9 Å². The maximum Gasteiger partial charge on any atom is 0.204 e. The van der Waals surface area contributed by atoms with Crippen molar-refractivity contribution in [3.63, 3.8) is 0 Å². The quantitative estimate of drug-likeness (QED) is 0.422. The summed E-state index contributed by atoms with van der Waals surface area (Å²) in [6, 6.07) is 5.03. The Morgan fingerprint density at radius 1 is 1.32 bits per heavy atom. The van der Waals surface area contributed by atoms with E-state index >= 15 is 0 Å². The lowest BCUT2D eigenvalue weighted by atomic mass is 10.2. The third-order valence-corrected chi connectivity index (χ3v) is 6.36. The van der Waals surface area contributed by atoms with Crippen molar-refractivity contribution in [1.82, 2.24) is 13.3 Å². The van der Waals surface area contributed by atoms with E-state index < -0.39 is 22.8 Å². The zero-order valence-corrected chi connectivity index (χ0v) is 18.2. The van der Waals surface area contributed by atoms with Gasteiger partial charge in [0, 0.05) is 25.7 Å². The average molecular weight is 489 g/mol. The molecular weight excluding hydrogens is 474 g/mol. The minimum atomic E-state index is -1.56. The molecule has 6 nitrogen and oxygen atoms in total. The van der Waals surface area contributed by atoms with Gasteiger partial charge in [-0.05, 0) is 40.4 Å². The minimum Gasteiger partial charge on any atom is -0.453 e. The third kappa shape index (κ3) is 3.84. The lowest BCUT2D eigenvalue weighted by molar-refractivity contribution is 0.439. The van der Waals surface area contributed by atoms with Crippen molar-refractivity contribution < 1.29 is 17.7 Å². The molecule has 0 saturated carbocycles. The Labute approximate surface area is 175 Å². The monoisotopic (exact) mass is 488 g/mol. The molecule has 3 aromatic rings. The van der Waals surface area contributed by atoms with E-state index in [0.717, 1.165) is 17.8 Å². The Bertz CT molecular complexity index is 1100. The van der Waals surface area contributed by atoms with Crippen LogP contribution in [-0.2, 0) is 11.2 Å². The summed E-state index contributed by atoms with van der Waals surface area (Å²) in [5, 5.41) is 7.83. The highest BCUT2D eigenvalue weighted by Gasteiger charge is 2.21. The van der Waals surface area contributed by atoms with Crippen molar-refractivity contribution in [2.45, 2.75) is 0 Å². The Hall–Kier alpha value is -1.82. The molecule has 0 spiro atoms. The van der Waals surface area contributed by atoms with Crippen LogP contribution in [0.25, 0.3) is 11.0 Å². The summed E-state index contributed by atoms with van der Waals surface area (Å²) in [5.74, 6) is -1.23. The predicted octanol–water partition coefficient (Wildman–Crippen LogP) is 4.55. The maximum absolute atomic E-state index is 14.8. The molecule has 1 unspecified atom stereocenters. The van der Waals surface area contributed by atoms with Gasteiger partial charge in [0.25, 0.3) is 0 Å². The number of halogens is 3. The number of hydrogen-bond acceptors (Lipinski definition) is 5. The van der Waals surface area contributed by atoms with E-state index in [4.69, 9.17) is 10.1 Å². The minimum absolute atomic E-state index is 0.0304.